The molecule has 0 unspecified atom stereocenters. The van der Waals surface area contributed by atoms with E-state index in [4.69, 9.17) is 0 Å². The monoisotopic (exact) mass is 360 g/mol. The predicted octanol–water partition coefficient (Wildman–Crippen LogP) is 2.72. The number of aromatic nitrogens is 3. The Bertz CT molecular complexity index is 928. The Balaban J connectivity index is 1.28. The first-order chi connectivity index (χ1) is 13.2. The number of piperidine rings is 1. The van der Waals surface area contributed by atoms with Gasteiger partial charge < -0.3 is 5.11 Å². The minimum atomic E-state index is -0.254. The molecule has 0 amide bonds. The number of hydrogen-bond acceptors (Lipinski definition) is 4. The zero-order valence-corrected chi connectivity index (χ0v) is 15.3. The van der Waals surface area contributed by atoms with Crippen molar-refractivity contribution in [2.45, 2.75) is 37.3 Å². The Morgan fingerprint density at radius 2 is 1.74 bits per heavy atom. The van der Waals surface area contributed by atoms with Crippen LogP contribution in [0.4, 0.5) is 0 Å². The van der Waals surface area contributed by atoms with Crippen molar-refractivity contribution in [3.8, 4) is 5.69 Å². The molecule has 1 fully saturated rings. The Morgan fingerprint density at radius 3 is 2.56 bits per heavy atom. The smallest absolute Gasteiger partial charge is 0.0971 e. The third kappa shape index (κ3) is 2.87. The number of likely N-dealkylation sites (tertiary alicyclic amines) is 1. The molecule has 2 aliphatic rings. The largest absolute Gasteiger partial charge is 0.392 e. The van der Waals surface area contributed by atoms with E-state index in [2.05, 4.69) is 39.5 Å². The molecule has 2 heterocycles. The van der Waals surface area contributed by atoms with Gasteiger partial charge in [-0.25, -0.2) is 4.68 Å². The summed E-state index contributed by atoms with van der Waals surface area (Å²) in [6.07, 6.45) is 4.55. The van der Waals surface area contributed by atoms with E-state index < -0.39 is 0 Å². The first-order valence-corrected chi connectivity index (χ1v) is 9.70. The second-order valence-electron chi connectivity index (χ2n) is 7.80. The van der Waals surface area contributed by atoms with Crippen LogP contribution in [0.1, 0.15) is 29.7 Å². The fourth-order valence-electron chi connectivity index (χ4n) is 4.79. The molecule has 138 valence electrons. The van der Waals surface area contributed by atoms with Crippen LogP contribution in [0, 0.1) is 0 Å². The van der Waals surface area contributed by atoms with Gasteiger partial charge in [-0.3, -0.25) is 4.90 Å². The van der Waals surface area contributed by atoms with E-state index in [1.807, 2.05) is 41.2 Å². The summed E-state index contributed by atoms with van der Waals surface area (Å²) in [4.78, 5) is 2.43. The molecule has 0 saturated carbocycles. The Kier molecular flexibility index (Phi) is 4.06. The summed E-state index contributed by atoms with van der Waals surface area (Å²) in [6.45, 7) is 2.76. The number of para-hydroxylation sites is 1. The fraction of sp³-hybridized carbons (Fsp3) is 0.364. The van der Waals surface area contributed by atoms with Crippen molar-refractivity contribution in [3.05, 3.63) is 77.6 Å². The van der Waals surface area contributed by atoms with Gasteiger partial charge in [-0.05, 0) is 55.6 Å². The van der Waals surface area contributed by atoms with Crippen molar-refractivity contribution in [2.75, 3.05) is 13.1 Å². The molecule has 5 heteroatoms. The number of aliphatic hydroxyl groups is 1. The lowest BCUT2D eigenvalue weighted by atomic mass is 9.72. The van der Waals surface area contributed by atoms with Gasteiger partial charge in [-0.15, -0.1) is 5.10 Å². The predicted molar refractivity (Wildman–Crippen MR) is 104 cm³/mol. The Hall–Kier alpha value is -2.50. The average Bonchev–Trinajstić information content (AvgIpc) is 3.28. The molecular formula is C22H24N4O. The van der Waals surface area contributed by atoms with E-state index in [0.717, 1.165) is 50.3 Å². The van der Waals surface area contributed by atoms with E-state index in [-0.39, 0.29) is 11.5 Å². The minimum absolute atomic E-state index is 0.0608. The van der Waals surface area contributed by atoms with E-state index in [9.17, 15) is 5.11 Å². The van der Waals surface area contributed by atoms with Gasteiger partial charge in [0.1, 0.15) is 0 Å². The molecule has 1 N–H and O–H groups in total. The van der Waals surface area contributed by atoms with Gasteiger partial charge in [-0.2, -0.15) is 0 Å². The summed E-state index contributed by atoms with van der Waals surface area (Å²) in [5, 5.41) is 19.4. The van der Waals surface area contributed by atoms with E-state index in [1.165, 1.54) is 11.1 Å². The van der Waals surface area contributed by atoms with E-state index >= 15 is 0 Å². The van der Waals surface area contributed by atoms with Crippen molar-refractivity contribution in [2.24, 2.45) is 0 Å². The zero-order valence-electron chi connectivity index (χ0n) is 15.3. The number of aliphatic hydroxyl groups excluding tert-OH is 1. The van der Waals surface area contributed by atoms with Crippen molar-refractivity contribution in [1.82, 2.24) is 19.9 Å². The van der Waals surface area contributed by atoms with Crippen LogP contribution in [0.3, 0.4) is 0 Å². The maximum Gasteiger partial charge on any atom is 0.0971 e. The molecular weight excluding hydrogens is 336 g/mol. The molecule has 1 spiro atoms. The molecule has 1 atom stereocenters. The fourth-order valence-corrected chi connectivity index (χ4v) is 4.79. The van der Waals surface area contributed by atoms with Crippen LogP contribution in [-0.4, -0.2) is 44.2 Å². The Labute approximate surface area is 159 Å². The van der Waals surface area contributed by atoms with Gasteiger partial charge in [0.2, 0.25) is 0 Å². The first-order valence-electron chi connectivity index (χ1n) is 9.70. The highest BCUT2D eigenvalue weighted by Crippen LogP contribution is 2.46. The van der Waals surface area contributed by atoms with Gasteiger partial charge in [0.05, 0.1) is 23.7 Å². The molecule has 3 aromatic rings. The summed E-state index contributed by atoms with van der Waals surface area (Å²) in [5.41, 5.74) is 4.65. The molecule has 1 aromatic heterocycles. The summed E-state index contributed by atoms with van der Waals surface area (Å²) in [5.74, 6) is 0. The quantitative estimate of drug-likeness (QED) is 0.780. The highest BCUT2D eigenvalue weighted by atomic mass is 16.3. The van der Waals surface area contributed by atoms with Crippen LogP contribution in [0.15, 0.2) is 60.8 Å². The maximum absolute atomic E-state index is 10.8. The highest BCUT2D eigenvalue weighted by Gasteiger charge is 2.47. The molecule has 2 aromatic carbocycles. The third-order valence-corrected chi connectivity index (χ3v) is 6.30. The maximum atomic E-state index is 10.8. The summed E-state index contributed by atoms with van der Waals surface area (Å²) in [7, 11) is 0. The normalized spacial score (nSPS) is 21.4. The lowest BCUT2D eigenvalue weighted by Gasteiger charge is -2.42. The van der Waals surface area contributed by atoms with Crippen LogP contribution in [-0.2, 0) is 18.4 Å². The molecule has 1 aliphatic carbocycles. The lowest BCUT2D eigenvalue weighted by molar-refractivity contribution is 0.0410. The third-order valence-electron chi connectivity index (χ3n) is 6.30. The average molecular weight is 360 g/mol. The molecule has 27 heavy (non-hydrogen) atoms. The zero-order chi connectivity index (χ0) is 18.3. The molecule has 0 bridgehead atoms. The van der Waals surface area contributed by atoms with Crippen molar-refractivity contribution in [1.29, 1.82) is 0 Å². The van der Waals surface area contributed by atoms with Crippen LogP contribution in [0.25, 0.3) is 5.69 Å². The second-order valence-corrected chi connectivity index (χ2v) is 7.80. The lowest BCUT2D eigenvalue weighted by Crippen LogP contribution is -2.47. The first kappa shape index (κ1) is 16.7. The summed E-state index contributed by atoms with van der Waals surface area (Å²) >= 11 is 0. The van der Waals surface area contributed by atoms with Crippen molar-refractivity contribution < 1.29 is 5.11 Å². The van der Waals surface area contributed by atoms with Crippen LogP contribution in [0.2, 0.25) is 0 Å². The minimum Gasteiger partial charge on any atom is -0.392 e. The van der Waals surface area contributed by atoms with Crippen LogP contribution < -0.4 is 0 Å². The van der Waals surface area contributed by atoms with Gasteiger partial charge in [0.25, 0.3) is 0 Å². The van der Waals surface area contributed by atoms with Crippen molar-refractivity contribution >= 4 is 0 Å². The molecule has 5 nitrogen and oxygen atoms in total. The summed E-state index contributed by atoms with van der Waals surface area (Å²) in [6, 6.07) is 18.6. The van der Waals surface area contributed by atoms with Gasteiger partial charge >= 0.3 is 0 Å². The van der Waals surface area contributed by atoms with Gasteiger partial charge in [-0.1, -0.05) is 47.7 Å². The Morgan fingerprint density at radius 1 is 1.00 bits per heavy atom. The number of benzene rings is 2. The standard InChI is InChI=1S/C22H24N4O/c27-21-14-17-6-4-5-9-20(17)22(21)10-12-25(13-11-22)15-18-16-26(24-23-18)19-7-2-1-3-8-19/h1-9,16,21,27H,10-15H2/t21-/m1/s1. The van der Waals surface area contributed by atoms with E-state index in [0.29, 0.717) is 0 Å². The van der Waals surface area contributed by atoms with Crippen LogP contribution in [0.5, 0.6) is 0 Å². The summed E-state index contributed by atoms with van der Waals surface area (Å²) < 4.78 is 1.83. The highest BCUT2D eigenvalue weighted by molar-refractivity contribution is 5.42. The number of rotatable bonds is 3. The van der Waals surface area contributed by atoms with E-state index in [1.54, 1.807) is 0 Å². The number of fused-ring (bicyclic) bond motifs is 2. The number of nitrogens with zero attached hydrogens (tertiary/aromatic N) is 4. The number of hydrogen-bond donors (Lipinski definition) is 1. The molecule has 0 radical (unpaired) electrons. The SMILES string of the molecule is O[C@@H]1Cc2ccccc2C12CCN(Cc1cn(-c3ccccc3)nn1)CC2. The van der Waals surface area contributed by atoms with Gasteiger partial charge in [0.15, 0.2) is 0 Å². The molecule has 1 aliphatic heterocycles. The van der Waals surface area contributed by atoms with Crippen molar-refractivity contribution in [3.63, 3.8) is 0 Å². The van der Waals surface area contributed by atoms with Gasteiger partial charge in [0, 0.05) is 12.0 Å². The molecule has 1 saturated heterocycles. The molecule has 5 rings (SSSR count). The second kappa shape index (κ2) is 6.59. The van der Waals surface area contributed by atoms with Crippen LogP contribution >= 0.6 is 0 Å². The topological polar surface area (TPSA) is 54.2 Å².